The molecular formula is C12H17BrN2O2. The van der Waals surface area contributed by atoms with Gasteiger partial charge in [0.15, 0.2) is 0 Å². The number of nitrogens with one attached hydrogen (secondary N) is 1. The number of ether oxygens (including phenoxy) is 1. The van der Waals surface area contributed by atoms with Gasteiger partial charge in [-0.3, -0.25) is 4.79 Å². The number of amides is 1. The standard InChI is InChI=1S/C12H17BrN2O2/c1-8(2)6-17-7-12(16)15-11-4-3-9(14)5-10(11)13/h3-5,8H,6-7,14H2,1-2H3,(H,15,16). The summed E-state index contributed by atoms with van der Waals surface area (Å²) in [7, 11) is 0. The lowest BCUT2D eigenvalue weighted by Gasteiger charge is -2.09. The Labute approximate surface area is 110 Å². The van der Waals surface area contributed by atoms with Gasteiger partial charge in [-0.25, -0.2) is 0 Å². The Balaban J connectivity index is 2.45. The summed E-state index contributed by atoms with van der Waals surface area (Å²) in [6.07, 6.45) is 0. The molecule has 0 radical (unpaired) electrons. The Hall–Kier alpha value is -1.07. The van der Waals surface area contributed by atoms with Gasteiger partial charge in [-0.05, 0) is 40.0 Å². The third-order valence-electron chi connectivity index (χ3n) is 1.95. The van der Waals surface area contributed by atoms with E-state index < -0.39 is 0 Å². The molecule has 0 aliphatic rings. The first-order chi connectivity index (χ1) is 7.99. The van der Waals surface area contributed by atoms with Crippen molar-refractivity contribution in [1.29, 1.82) is 0 Å². The molecule has 3 N–H and O–H groups in total. The monoisotopic (exact) mass is 300 g/mol. The van der Waals surface area contributed by atoms with Crippen molar-refractivity contribution in [2.75, 3.05) is 24.3 Å². The lowest BCUT2D eigenvalue weighted by atomic mass is 10.2. The molecule has 0 aliphatic heterocycles. The van der Waals surface area contributed by atoms with Crippen LogP contribution in [0.1, 0.15) is 13.8 Å². The summed E-state index contributed by atoms with van der Waals surface area (Å²) in [6.45, 7) is 4.72. The van der Waals surface area contributed by atoms with Gasteiger partial charge in [-0.1, -0.05) is 13.8 Å². The van der Waals surface area contributed by atoms with Crippen LogP contribution >= 0.6 is 15.9 Å². The first kappa shape index (κ1) is 14.0. The summed E-state index contributed by atoms with van der Waals surface area (Å²) < 4.78 is 6.00. The number of nitrogens with two attached hydrogens (primary N) is 1. The summed E-state index contributed by atoms with van der Waals surface area (Å²) >= 11 is 3.33. The van der Waals surface area contributed by atoms with Crippen LogP contribution in [-0.2, 0) is 9.53 Å². The molecule has 0 spiro atoms. The summed E-state index contributed by atoms with van der Waals surface area (Å²) in [5.74, 6) is 0.252. The van der Waals surface area contributed by atoms with Crippen LogP contribution in [0.3, 0.4) is 0 Å². The lowest BCUT2D eigenvalue weighted by Crippen LogP contribution is -2.20. The molecule has 0 saturated carbocycles. The van der Waals surface area contributed by atoms with E-state index in [9.17, 15) is 4.79 Å². The zero-order valence-electron chi connectivity index (χ0n) is 10.00. The second-order valence-corrected chi connectivity index (χ2v) is 5.05. The molecule has 0 unspecified atom stereocenters. The van der Waals surface area contributed by atoms with Gasteiger partial charge in [0.05, 0.1) is 5.69 Å². The van der Waals surface area contributed by atoms with Gasteiger partial charge >= 0.3 is 0 Å². The lowest BCUT2D eigenvalue weighted by molar-refractivity contribution is -0.120. The van der Waals surface area contributed by atoms with Crippen LogP contribution in [0.4, 0.5) is 11.4 Å². The number of anilines is 2. The highest BCUT2D eigenvalue weighted by Gasteiger charge is 2.06. The van der Waals surface area contributed by atoms with Crippen molar-refractivity contribution in [1.82, 2.24) is 0 Å². The maximum absolute atomic E-state index is 11.5. The van der Waals surface area contributed by atoms with Crippen LogP contribution in [-0.4, -0.2) is 19.1 Å². The van der Waals surface area contributed by atoms with Crippen molar-refractivity contribution >= 4 is 33.2 Å². The largest absolute Gasteiger partial charge is 0.399 e. The fraction of sp³-hybridized carbons (Fsp3) is 0.417. The van der Waals surface area contributed by atoms with Crippen LogP contribution in [0.5, 0.6) is 0 Å². The predicted molar refractivity (Wildman–Crippen MR) is 72.8 cm³/mol. The van der Waals surface area contributed by atoms with Gasteiger partial charge in [0, 0.05) is 16.8 Å². The van der Waals surface area contributed by atoms with E-state index in [4.69, 9.17) is 10.5 Å². The van der Waals surface area contributed by atoms with E-state index >= 15 is 0 Å². The topological polar surface area (TPSA) is 64.3 Å². The minimum atomic E-state index is -0.170. The zero-order valence-corrected chi connectivity index (χ0v) is 11.6. The molecule has 0 saturated heterocycles. The molecule has 1 aromatic carbocycles. The van der Waals surface area contributed by atoms with E-state index in [1.807, 2.05) is 13.8 Å². The highest BCUT2D eigenvalue weighted by molar-refractivity contribution is 9.10. The number of hydrogen-bond donors (Lipinski definition) is 2. The van der Waals surface area contributed by atoms with Crippen molar-refractivity contribution < 1.29 is 9.53 Å². The fourth-order valence-electron chi connectivity index (χ4n) is 1.21. The predicted octanol–water partition coefficient (Wildman–Crippen LogP) is 2.64. The highest BCUT2D eigenvalue weighted by atomic mass is 79.9. The van der Waals surface area contributed by atoms with E-state index in [2.05, 4.69) is 21.2 Å². The molecule has 4 nitrogen and oxygen atoms in total. The number of hydrogen-bond acceptors (Lipinski definition) is 3. The van der Waals surface area contributed by atoms with E-state index in [0.29, 0.717) is 23.9 Å². The van der Waals surface area contributed by atoms with Gasteiger partial charge in [-0.2, -0.15) is 0 Å². The van der Waals surface area contributed by atoms with E-state index in [0.717, 1.165) is 4.47 Å². The zero-order chi connectivity index (χ0) is 12.8. The minimum Gasteiger partial charge on any atom is -0.399 e. The molecule has 1 aromatic rings. The Morgan fingerprint density at radius 3 is 2.82 bits per heavy atom. The second-order valence-electron chi connectivity index (χ2n) is 4.20. The first-order valence-electron chi connectivity index (χ1n) is 5.41. The van der Waals surface area contributed by atoms with Crippen LogP contribution in [0.25, 0.3) is 0 Å². The molecule has 1 amide bonds. The minimum absolute atomic E-state index is 0.0645. The van der Waals surface area contributed by atoms with Crippen LogP contribution in [0, 0.1) is 5.92 Å². The molecule has 0 aliphatic carbocycles. The fourth-order valence-corrected chi connectivity index (χ4v) is 1.70. The average molecular weight is 301 g/mol. The van der Waals surface area contributed by atoms with Crippen LogP contribution < -0.4 is 11.1 Å². The smallest absolute Gasteiger partial charge is 0.250 e. The van der Waals surface area contributed by atoms with E-state index in [-0.39, 0.29) is 12.5 Å². The number of rotatable bonds is 5. The molecular weight excluding hydrogens is 284 g/mol. The molecule has 17 heavy (non-hydrogen) atoms. The normalized spacial score (nSPS) is 10.6. The average Bonchev–Trinajstić information content (AvgIpc) is 2.21. The number of halogens is 1. The molecule has 5 heteroatoms. The third-order valence-corrected chi connectivity index (χ3v) is 2.61. The number of nitrogen functional groups attached to an aromatic ring is 1. The van der Waals surface area contributed by atoms with Crippen molar-refractivity contribution in [2.45, 2.75) is 13.8 Å². The van der Waals surface area contributed by atoms with Crippen LogP contribution in [0.15, 0.2) is 22.7 Å². The Bertz CT molecular complexity index is 394. The van der Waals surface area contributed by atoms with Crippen molar-refractivity contribution in [3.63, 3.8) is 0 Å². The Morgan fingerprint density at radius 1 is 1.53 bits per heavy atom. The number of carbonyl (C=O) groups is 1. The first-order valence-corrected chi connectivity index (χ1v) is 6.21. The van der Waals surface area contributed by atoms with Gasteiger partial charge < -0.3 is 15.8 Å². The summed E-state index contributed by atoms with van der Waals surface area (Å²) in [6, 6.07) is 5.22. The van der Waals surface area contributed by atoms with E-state index in [1.165, 1.54) is 0 Å². The maximum Gasteiger partial charge on any atom is 0.250 e. The number of benzene rings is 1. The molecule has 0 atom stereocenters. The van der Waals surface area contributed by atoms with Crippen molar-refractivity contribution in [3.8, 4) is 0 Å². The molecule has 0 bridgehead atoms. The summed E-state index contributed by atoms with van der Waals surface area (Å²) in [4.78, 5) is 11.5. The molecule has 94 valence electrons. The third kappa shape index (κ3) is 5.19. The molecule has 1 rings (SSSR count). The Morgan fingerprint density at radius 2 is 2.24 bits per heavy atom. The molecule has 0 fully saturated rings. The Kier molecular flexibility index (Phi) is 5.44. The summed E-state index contributed by atoms with van der Waals surface area (Å²) in [5, 5.41) is 2.74. The highest BCUT2D eigenvalue weighted by Crippen LogP contribution is 2.24. The van der Waals surface area contributed by atoms with Gasteiger partial charge in [0.1, 0.15) is 6.61 Å². The van der Waals surface area contributed by atoms with Gasteiger partial charge in [-0.15, -0.1) is 0 Å². The molecule has 0 aromatic heterocycles. The molecule has 0 heterocycles. The number of carbonyl (C=O) groups excluding carboxylic acids is 1. The van der Waals surface area contributed by atoms with Gasteiger partial charge in [0.2, 0.25) is 5.91 Å². The summed E-state index contributed by atoms with van der Waals surface area (Å²) in [5.41, 5.74) is 6.94. The van der Waals surface area contributed by atoms with Crippen molar-refractivity contribution in [3.05, 3.63) is 22.7 Å². The van der Waals surface area contributed by atoms with E-state index in [1.54, 1.807) is 18.2 Å². The maximum atomic E-state index is 11.5. The van der Waals surface area contributed by atoms with Crippen molar-refractivity contribution in [2.24, 2.45) is 5.92 Å². The van der Waals surface area contributed by atoms with Gasteiger partial charge in [0.25, 0.3) is 0 Å². The van der Waals surface area contributed by atoms with Crippen LogP contribution in [0.2, 0.25) is 0 Å². The SMILES string of the molecule is CC(C)COCC(=O)Nc1ccc(N)cc1Br. The quantitative estimate of drug-likeness (QED) is 0.822. The second kappa shape index (κ2) is 6.61.